The smallest absolute Gasteiger partial charge is 0.216 e. The van der Waals surface area contributed by atoms with Crippen molar-refractivity contribution in [2.24, 2.45) is 5.10 Å². The van der Waals surface area contributed by atoms with E-state index in [2.05, 4.69) is 15.3 Å². The van der Waals surface area contributed by atoms with Crippen LogP contribution >= 0.6 is 47.0 Å². The molecule has 1 N–H and O–H groups in total. The van der Waals surface area contributed by atoms with Crippen molar-refractivity contribution in [3.8, 4) is 11.4 Å². The van der Waals surface area contributed by atoms with Crippen LogP contribution in [0.3, 0.4) is 0 Å². The van der Waals surface area contributed by atoms with Gasteiger partial charge in [0.15, 0.2) is 5.82 Å². The van der Waals surface area contributed by atoms with Gasteiger partial charge >= 0.3 is 0 Å². The lowest BCUT2D eigenvalue weighted by Crippen LogP contribution is -1.96. The molecule has 3 rings (SSSR count). The van der Waals surface area contributed by atoms with Gasteiger partial charge in [-0.2, -0.15) is 14.9 Å². The highest BCUT2D eigenvalue weighted by molar-refractivity contribution is 7.71. The average Bonchev–Trinajstić information content (AvgIpc) is 2.88. The Bertz CT molecular complexity index is 946. The topological polar surface area (TPSA) is 46.0 Å². The third kappa shape index (κ3) is 3.48. The number of aromatic amines is 1. The van der Waals surface area contributed by atoms with Crippen LogP contribution in [0, 0.1) is 4.77 Å². The molecule has 0 saturated carbocycles. The number of H-pyrrole nitrogens is 1. The Morgan fingerprint density at radius 2 is 1.87 bits per heavy atom. The van der Waals surface area contributed by atoms with E-state index in [1.807, 2.05) is 18.2 Å². The number of nitrogens with zero attached hydrogens (tertiary/aromatic N) is 3. The van der Waals surface area contributed by atoms with E-state index in [9.17, 15) is 0 Å². The second kappa shape index (κ2) is 6.84. The maximum atomic E-state index is 6.21. The van der Waals surface area contributed by atoms with Crippen LogP contribution in [-0.2, 0) is 0 Å². The van der Waals surface area contributed by atoms with E-state index in [1.165, 1.54) is 4.68 Å². The van der Waals surface area contributed by atoms with Crippen molar-refractivity contribution < 1.29 is 0 Å². The van der Waals surface area contributed by atoms with E-state index in [-0.39, 0.29) is 0 Å². The fourth-order valence-corrected chi connectivity index (χ4v) is 2.80. The second-order valence-electron chi connectivity index (χ2n) is 4.55. The van der Waals surface area contributed by atoms with E-state index < -0.39 is 0 Å². The van der Waals surface area contributed by atoms with Crippen molar-refractivity contribution in [3.05, 3.63) is 67.9 Å². The fraction of sp³-hybridized carbons (Fsp3) is 0. The first-order chi connectivity index (χ1) is 11.1. The third-order valence-corrected chi connectivity index (χ3v) is 4.20. The van der Waals surface area contributed by atoms with Crippen LogP contribution in [0.2, 0.25) is 15.1 Å². The van der Waals surface area contributed by atoms with Crippen molar-refractivity contribution in [2.75, 3.05) is 0 Å². The summed E-state index contributed by atoms with van der Waals surface area (Å²) in [6, 6.07) is 12.5. The van der Waals surface area contributed by atoms with E-state index in [1.54, 1.807) is 30.5 Å². The number of rotatable bonds is 3. The molecule has 116 valence electrons. The van der Waals surface area contributed by atoms with E-state index in [0.29, 0.717) is 31.2 Å². The number of aromatic nitrogens is 3. The summed E-state index contributed by atoms with van der Waals surface area (Å²) in [5, 5.41) is 12.9. The molecule has 8 heteroatoms. The Morgan fingerprint density at radius 3 is 2.61 bits per heavy atom. The Kier molecular flexibility index (Phi) is 4.82. The van der Waals surface area contributed by atoms with Gasteiger partial charge in [-0.05, 0) is 36.5 Å². The summed E-state index contributed by atoms with van der Waals surface area (Å²) < 4.78 is 1.84. The van der Waals surface area contributed by atoms with Gasteiger partial charge in [-0.1, -0.05) is 53.0 Å². The van der Waals surface area contributed by atoms with Crippen LogP contribution in [0.5, 0.6) is 0 Å². The van der Waals surface area contributed by atoms with Crippen LogP contribution in [0.4, 0.5) is 0 Å². The van der Waals surface area contributed by atoms with E-state index in [4.69, 9.17) is 47.0 Å². The maximum Gasteiger partial charge on any atom is 0.216 e. The van der Waals surface area contributed by atoms with Gasteiger partial charge in [-0.25, -0.2) is 5.10 Å². The second-order valence-corrected chi connectivity index (χ2v) is 6.19. The molecule has 0 atom stereocenters. The summed E-state index contributed by atoms with van der Waals surface area (Å²) in [6.07, 6.45) is 1.59. The van der Waals surface area contributed by atoms with Gasteiger partial charge in [0.2, 0.25) is 4.77 Å². The molecule has 0 aliphatic carbocycles. The Balaban J connectivity index is 2.04. The van der Waals surface area contributed by atoms with E-state index in [0.717, 1.165) is 5.56 Å². The number of halogens is 3. The fourth-order valence-electron chi connectivity index (χ4n) is 1.94. The lowest BCUT2D eigenvalue weighted by molar-refractivity contribution is 0.871. The molecule has 0 amide bonds. The molecular weight excluding hydrogens is 375 g/mol. The molecule has 0 fully saturated rings. The van der Waals surface area contributed by atoms with Gasteiger partial charge in [0.25, 0.3) is 0 Å². The van der Waals surface area contributed by atoms with Crippen LogP contribution in [0.1, 0.15) is 5.56 Å². The molecule has 0 spiro atoms. The molecule has 0 bridgehead atoms. The molecule has 0 aliphatic heterocycles. The Labute approximate surface area is 152 Å². The van der Waals surface area contributed by atoms with Crippen LogP contribution < -0.4 is 0 Å². The summed E-state index contributed by atoms with van der Waals surface area (Å²) in [5.74, 6) is 0.516. The Morgan fingerprint density at radius 1 is 1.09 bits per heavy atom. The Hall–Kier alpha value is -1.66. The largest absolute Gasteiger partial charge is 0.250 e. The van der Waals surface area contributed by atoms with E-state index >= 15 is 0 Å². The molecule has 1 heterocycles. The number of hydrogen-bond donors (Lipinski definition) is 1. The van der Waals surface area contributed by atoms with Crippen LogP contribution in [-0.4, -0.2) is 21.1 Å². The summed E-state index contributed by atoms with van der Waals surface area (Å²) in [7, 11) is 0. The SMILES string of the molecule is S=c1[nH]nc(-c2ccccc2Cl)n1N=Cc1ccc(Cl)cc1Cl. The summed E-state index contributed by atoms with van der Waals surface area (Å²) in [4.78, 5) is 0. The zero-order valence-corrected chi connectivity index (χ0v) is 14.6. The molecule has 0 radical (unpaired) electrons. The quantitative estimate of drug-likeness (QED) is 0.483. The maximum absolute atomic E-state index is 6.21. The molecule has 0 saturated heterocycles. The molecule has 2 aromatic carbocycles. The van der Waals surface area contributed by atoms with Gasteiger partial charge in [0.1, 0.15) is 0 Å². The zero-order chi connectivity index (χ0) is 16.4. The predicted molar refractivity (Wildman–Crippen MR) is 97.3 cm³/mol. The summed E-state index contributed by atoms with van der Waals surface area (Å²) >= 11 is 23.5. The standard InChI is InChI=1S/C15H9Cl3N4S/c16-10-6-5-9(13(18)7-10)8-19-22-14(20-21-15(22)23)11-3-1-2-4-12(11)17/h1-8H,(H,21,23). The first-order valence-corrected chi connectivity index (χ1v) is 8.02. The molecule has 4 nitrogen and oxygen atoms in total. The number of nitrogens with one attached hydrogen (secondary N) is 1. The minimum absolute atomic E-state index is 0.348. The lowest BCUT2D eigenvalue weighted by Gasteiger charge is -2.03. The molecule has 1 aromatic heterocycles. The number of hydrogen-bond acceptors (Lipinski definition) is 3. The minimum Gasteiger partial charge on any atom is -0.250 e. The monoisotopic (exact) mass is 382 g/mol. The van der Waals surface area contributed by atoms with Crippen LogP contribution in [0.25, 0.3) is 11.4 Å². The molecular formula is C15H9Cl3N4S. The van der Waals surface area contributed by atoms with Gasteiger partial charge in [0, 0.05) is 16.1 Å². The lowest BCUT2D eigenvalue weighted by atomic mass is 10.2. The molecule has 0 unspecified atom stereocenters. The third-order valence-electron chi connectivity index (χ3n) is 3.04. The van der Waals surface area contributed by atoms with Crippen molar-refractivity contribution in [1.82, 2.24) is 14.9 Å². The van der Waals surface area contributed by atoms with Gasteiger partial charge < -0.3 is 0 Å². The number of benzene rings is 2. The molecule has 0 aliphatic rings. The van der Waals surface area contributed by atoms with Gasteiger partial charge in [-0.15, -0.1) is 0 Å². The zero-order valence-electron chi connectivity index (χ0n) is 11.5. The molecule has 3 aromatic rings. The average molecular weight is 384 g/mol. The highest BCUT2D eigenvalue weighted by Crippen LogP contribution is 2.26. The van der Waals surface area contributed by atoms with Gasteiger partial charge in [0.05, 0.1) is 16.3 Å². The van der Waals surface area contributed by atoms with Crippen LogP contribution in [0.15, 0.2) is 47.6 Å². The van der Waals surface area contributed by atoms with Gasteiger partial charge in [-0.3, -0.25) is 0 Å². The normalized spacial score (nSPS) is 11.3. The highest BCUT2D eigenvalue weighted by atomic mass is 35.5. The predicted octanol–water partition coefficient (Wildman–Crippen LogP) is 5.45. The first kappa shape index (κ1) is 16.2. The summed E-state index contributed by atoms with van der Waals surface area (Å²) in [5.41, 5.74) is 1.44. The highest BCUT2D eigenvalue weighted by Gasteiger charge is 2.11. The van der Waals surface area contributed by atoms with Crippen molar-refractivity contribution in [2.45, 2.75) is 0 Å². The van der Waals surface area contributed by atoms with Crippen molar-refractivity contribution >= 4 is 53.2 Å². The first-order valence-electron chi connectivity index (χ1n) is 6.48. The van der Waals surface area contributed by atoms with Crippen molar-refractivity contribution in [3.63, 3.8) is 0 Å². The van der Waals surface area contributed by atoms with Crippen molar-refractivity contribution in [1.29, 1.82) is 0 Å². The molecule has 23 heavy (non-hydrogen) atoms. The minimum atomic E-state index is 0.348. The summed E-state index contributed by atoms with van der Waals surface area (Å²) in [6.45, 7) is 0.